The number of hydrogen-bond donors (Lipinski definition) is 0. The van der Waals surface area contributed by atoms with E-state index < -0.39 is 4.92 Å². The predicted octanol–water partition coefficient (Wildman–Crippen LogP) is 4.67. The second-order valence-corrected chi connectivity index (χ2v) is 8.67. The molecule has 1 saturated heterocycles. The van der Waals surface area contributed by atoms with Gasteiger partial charge in [-0.1, -0.05) is 30.3 Å². The first kappa shape index (κ1) is 24.5. The van der Waals surface area contributed by atoms with Crippen LogP contribution in [-0.2, 0) is 0 Å². The Hall–Kier alpha value is -5.22. The van der Waals surface area contributed by atoms with E-state index in [1.165, 1.54) is 12.1 Å². The smallest absolute Gasteiger partial charge is 0.269 e. The van der Waals surface area contributed by atoms with Crippen molar-refractivity contribution in [3.63, 3.8) is 0 Å². The number of nitro groups is 1. The van der Waals surface area contributed by atoms with E-state index in [0.717, 1.165) is 11.3 Å². The topological polar surface area (TPSA) is 132 Å². The number of nitriles is 2. The number of aromatic nitrogens is 2. The summed E-state index contributed by atoms with van der Waals surface area (Å²) < 4.78 is 5.73. The maximum absolute atomic E-state index is 11.0. The number of non-ortho nitro benzene ring substituents is 1. The molecule has 1 aliphatic rings. The minimum absolute atomic E-state index is 0.0553. The highest BCUT2D eigenvalue weighted by molar-refractivity contribution is 5.98. The van der Waals surface area contributed by atoms with E-state index in [4.69, 9.17) is 9.72 Å². The molecule has 0 bridgehead atoms. The molecule has 0 aliphatic carbocycles. The van der Waals surface area contributed by atoms with Gasteiger partial charge in [0.05, 0.1) is 17.1 Å². The molecular formula is C28H23N7O3. The molecule has 5 rings (SSSR count). The summed E-state index contributed by atoms with van der Waals surface area (Å²) >= 11 is 0. The molecule has 10 heteroatoms. The van der Waals surface area contributed by atoms with Crippen molar-refractivity contribution in [1.82, 2.24) is 9.97 Å². The van der Waals surface area contributed by atoms with Crippen LogP contribution in [0, 0.1) is 32.8 Å². The molecule has 0 unspecified atom stereocenters. The molecule has 3 heterocycles. The molecule has 10 nitrogen and oxygen atoms in total. The molecule has 0 N–H and O–H groups in total. The zero-order valence-electron chi connectivity index (χ0n) is 20.7. The number of nitro benzene ring substituents is 1. The van der Waals surface area contributed by atoms with Gasteiger partial charge in [-0.05, 0) is 30.7 Å². The van der Waals surface area contributed by atoms with E-state index in [-0.39, 0.29) is 11.6 Å². The fourth-order valence-electron chi connectivity index (χ4n) is 4.69. The average Bonchev–Trinajstić information content (AvgIpc) is 2.96. The lowest BCUT2D eigenvalue weighted by atomic mass is 9.97. The van der Waals surface area contributed by atoms with Gasteiger partial charge in [-0.3, -0.25) is 10.1 Å². The third kappa shape index (κ3) is 4.51. The molecule has 2 aromatic carbocycles. The Balaban J connectivity index is 1.52. The van der Waals surface area contributed by atoms with Crippen molar-refractivity contribution in [2.24, 2.45) is 0 Å². The fourth-order valence-corrected chi connectivity index (χ4v) is 4.69. The number of anilines is 2. The quantitative estimate of drug-likeness (QED) is 0.271. The van der Waals surface area contributed by atoms with Gasteiger partial charge in [0, 0.05) is 54.9 Å². The maximum Gasteiger partial charge on any atom is 0.269 e. The summed E-state index contributed by atoms with van der Waals surface area (Å²) in [5.41, 5.74) is 3.52. The van der Waals surface area contributed by atoms with Gasteiger partial charge in [-0.2, -0.15) is 15.5 Å². The summed E-state index contributed by atoms with van der Waals surface area (Å²) in [5, 5.41) is 31.6. The summed E-state index contributed by atoms with van der Waals surface area (Å²) in [6.45, 7) is 4.69. The Morgan fingerprint density at radius 2 is 1.66 bits per heavy atom. The van der Waals surface area contributed by atoms with Crippen molar-refractivity contribution in [2.45, 2.75) is 6.92 Å². The van der Waals surface area contributed by atoms with Crippen molar-refractivity contribution in [1.29, 1.82) is 10.5 Å². The van der Waals surface area contributed by atoms with Crippen molar-refractivity contribution < 1.29 is 9.66 Å². The first-order valence-electron chi connectivity index (χ1n) is 12.2. The highest BCUT2D eigenvalue weighted by Crippen LogP contribution is 2.37. The third-order valence-electron chi connectivity index (χ3n) is 6.50. The van der Waals surface area contributed by atoms with E-state index in [0.29, 0.717) is 66.3 Å². The van der Waals surface area contributed by atoms with Crippen molar-refractivity contribution in [2.75, 3.05) is 42.6 Å². The Kier molecular flexibility index (Phi) is 6.70. The summed E-state index contributed by atoms with van der Waals surface area (Å²) in [6.07, 6.45) is 0. The molecule has 1 fully saturated rings. The van der Waals surface area contributed by atoms with Crippen molar-refractivity contribution >= 4 is 28.2 Å². The highest BCUT2D eigenvalue weighted by atomic mass is 16.6. The van der Waals surface area contributed by atoms with Crippen LogP contribution in [-0.4, -0.2) is 47.7 Å². The summed E-state index contributed by atoms with van der Waals surface area (Å²) in [6, 6.07) is 22.3. The summed E-state index contributed by atoms with van der Waals surface area (Å²) in [7, 11) is 0. The van der Waals surface area contributed by atoms with Gasteiger partial charge in [0.25, 0.3) is 5.69 Å². The number of fused-ring (bicyclic) bond motifs is 1. The largest absolute Gasteiger partial charge is 0.477 e. The molecule has 0 atom stereocenters. The van der Waals surface area contributed by atoms with Gasteiger partial charge in [0.2, 0.25) is 5.88 Å². The van der Waals surface area contributed by atoms with Gasteiger partial charge in [0.1, 0.15) is 23.5 Å². The minimum Gasteiger partial charge on any atom is -0.477 e. The first-order chi connectivity index (χ1) is 18.5. The van der Waals surface area contributed by atoms with Crippen LogP contribution in [0.5, 0.6) is 5.88 Å². The average molecular weight is 506 g/mol. The Bertz CT molecular complexity index is 1580. The number of piperazine rings is 1. The molecule has 1 aliphatic heterocycles. The fraction of sp³-hybridized carbons (Fsp3) is 0.214. The zero-order chi connectivity index (χ0) is 26.6. The molecule has 0 saturated carbocycles. The number of nitrogens with zero attached hydrogens (tertiary/aromatic N) is 7. The van der Waals surface area contributed by atoms with Crippen LogP contribution in [0.3, 0.4) is 0 Å². The highest BCUT2D eigenvalue weighted by Gasteiger charge is 2.25. The van der Waals surface area contributed by atoms with Crippen LogP contribution >= 0.6 is 0 Å². The van der Waals surface area contributed by atoms with Gasteiger partial charge in [-0.25, -0.2) is 4.98 Å². The number of hydrogen-bond acceptors (Lipinski definition) is 9. The molecule has 0 radical (unpaired) electrons. The Morgan fingerprint density at radius 3 is 2.26 bits per heavy atom. The van der Waals surface area contributed by atoms with E-state index >= 15 is 0 Å². The van der Waals surface area contributed by atoms with Gasteiger partial charge >= 0.3 is 0 Å². The summed E-state index contributed by atoms with van der Waals surface area (Å²) in [4.78, 5) is 24.1. The Morgan fingerprint density at radius 1 is 0.974 bits per heavy atom. The van der Waals surface area contributed by atoms with Crippen LogP contribution in [0.25, 0.3) is 22.2 Å². The third-order valence-corrected chi connectivity index (χ3v) is 6.50. The molecule has 38 heavy (non-hydrogen) atoms. The number of pyridine rings is 2. The van der Waals surface area contributed by atoms with Crippen LogP contribution < -0.4 is 14.5 Å². The maximum atomic E-state index is 11.0. The van der Waals surface area contributed by atoms with Crippen LogP contribution in [0.2, 0.25) is 0 Å². The first-order valence-corrected chi connectivity index (χ1v) is 12.2. The monoisotopic (exact) mass is 505 g/mol. The van der Waals surface area contributed by atoms with Crippen molar-refractivity contribution in [3.05, 3.63) is 81.9 Å². The van der Waals surface area contributed by atoms with E-state index in [9.17, 15) is 20.6 Å². The van der Waals surface area contributed by atoms with Crippen LogP contribution in [0.4, 0.5) is 17.2 Å². The van der Waals surface area contributed by atoms with Crippen LogP contribution in [0.15, 0.2) is 60.7 Å². The SMILES string of the molecule is CCOc1nc2nc(N3CCN(c4ccc([N+](=O)[O-])cc4)CC3)c(C#N)cc2c(-c2ccccc2)c1C#N. The molecule has 188 valence electrons. The standard InChI is InChI=1S/C28H23N7O3/c1-2-38-28-24(18-30)25(19-6-4-3-5-7-19)23-16-20(17-29)27(31-26(23)32-28)34-14-12-33(13-15-34)21-8-10-22(11-9-21)35(36)37/h3-11,16H,2,12-15H2,1H3. The van der Waals surface area contributed by atoms with E-state index in [1.807, 2.05) is 42.2 Å². The van der Waals surface area contributed by atoms with Crippen molar-refractivity contribution in [3.8, 4) is 29.1 Å². The molecule has 0 amide bonds. The molecule has 4 aromatic rings. The lowest BCUT2D eigenvalue weighted by Gasteiger charge is -2.37. The van der Waals surface area contributed by atoms with Gasteiger partial charge in [-0.15, -0.1) is 0 Å². The Labute approximate surface area is 219 Å². The lowest BCUT2D eigenvalue weighted by molar-refractivity contribution is -0.384. The second kappa shape index (κ2) is 10.4. The molecule has 2 aromatic heterocycles. The minimum atomic E-state index is -0.412. The van der Waals surface area contributed by atoms with E-state index in [2.05, 4.69) is 22.0 Å². The second-order valence-electron chi connectivity index (χ2n) is 8.67. The molecular weight excluding hydrogens is 482 g/mol. The molecule has 0 spiro atoms. The summed E-state index contributed by atoms with van der Waals surface area (Å²) in [5.74, 6) is 0.745. The number of rotatable bonds is 6. The number of benzene rings is 2. The predicted molar refractivity (Wildman–Crippen MR) is 143 cm³/mol. The van der Waals surface area contributed by atoms with E-state index in [1.54, 1.807) is 18.2 Å². The number of ether oxygens (including phenoxy) is 1. The van der Waals surface area contributed by atoms with Gasteiger partial charge < -0.3 is 14.5 Å². The van der Waals surface area contributed by atoms with Gasteiger partial charge in [0.15, 0.2) is 5.65 Å². The lowest BCUT2D eigenvalue weighted by Crippen LogP contribution is -2.47. The zero-order valence-corrected chi connectivity index (χ0v) is 20.7. The van der Waals surface area contributed by atoms with Crippen LogP contribution in [0.1, 0.15) is 18.1 Å². The normalized spacial score (nSPS) is 13.1.